The topological polar surface area (TPSA) is 55.6 Å². The Morgan fingerprint density at radius 3 is 2.83 bits per heavy atom. The second-order valence-corrected chi connectivity index (χ2v) is 6.47. The molecule has 0 unspecified atom stereocenters. The fraction of sp³-hybridized carbons (Fsp3) is 0.474. The van der Waals surface area contributed by atoms with Crippen LogP contribution in [0.15, 0.2) is 34.9 Å². The molecule has 2 heterocycles. The van der Waals surface area contributed by atoms with Crippen LogP contribution in [0.4, 0.5) is 0 Å². The number of hydrogen-bond donors (Lipinski definition) is 0. The van der Waals surface area contributed by atoms with E-state index in [0.717, 1.165) is 38.1 Å². The first-order valence-electron chi connectivity index (χ1n) is 8.51. The third kappa shape index (κ3) is 3.96. The minimum absolute atomic E-state index is 0.0130. The van der Waals surface area contributed by atoms with E-state index in [1.54, 1.807) is 20.1 Å². The molecule has 1 saturated heterocycles. The predicted molar refractivity (Wildman–Crippen MR) is 91.2 cm³/mol. The van der Waals surface area contributed by atoms with Crippen LogP contribution in [-0.2, 0) is 6.42 Å². The zero-order valence-corrected chi connectivity index (χ0v) is 14.3. The molecule has 1 aliphatic rings. The van der Waals surface area contributed by atoms with Crippen molar-refractivity contribution in [2.24, 2.45) is 5.92 Å². The van der Waals surface area contributed by atoms with Crippen LogP contribution in [0.3, 0.4) is 0 Å². The van der Waals surface area contributed by atoms with E-state index >= 15 is 0 Å². The first-order chi connectivity index (χ1) is 11.7. The van der Waals surface area contributed by atoms with Gasteiger partial charge in [-0.2, -0.15) is 0 Å². The number of likely N-dealkylation sites (tertiary alicyclic amines) is 1. The monoisotopic (exact) mass is 328 g/mol. The standard InChI is InChI=1S/C19H24N2O3/c1-14-12-18(20-24-14)19(22)21-11-3-4-16(13-21)6-5-15-7-9-17(23-2)10-8-15/h7-10,12,16H,3-6,11,13H2,1-2H3/t16-/m0/s1. The highest BCUT2D eigenvalue weighted by atomic mass is 16.5. The number of carbonyl (C=O) groups excluding carboxylic acids is 1. The van der Waals surface area contributed by atoms with E-state index in [9.17, 15) is 4.79 Å². The summed E-state index contributed by atoms with van der Waals surface area (Å²) in [7, 11) is 1.68. The summed E-state index contributed by atoms with van der Waals surface area (Å²) >= 11 is 0. The second-order valence-electron chi connectivity index (χ2n) is 6.47. The molecule has 5 heteroatoms. The molecule has 1 fully saturated rings. The molecule has 1 amide bonds. The molecule has 1 aliphatic heterocycles. The van der Waals surface area contributed by atoms with Gasteiger partial charge in [0, 0.05) is 19.2 Å². The molecule has 5 nitrogen and oxygen atoms in total. The summed E-state index contributed by atoms with van der Waals surface area (Å²) in [5, 5.41) is 3.85. The van der Waals surface area contributed by atoms with Crippen molar-refractivity contribution in [3.63, 3.8) is 0 Å². The number of nitrogens with zero attached hydrogens (tertiary/aromatic N) is 2. The summed E-state index contributed by atoms with van der Waals surface area (Å²) in [4.78, 5) is 14.4. The highest BCUT2D eigenvalue weighted by molar-refractivity contribution is 5.92. The zero-order chi connectivity index (χ0) is 16.9. The lowest BCUT2D eigenvalue weighted by Gasteiger charge is -2.32. The van der Waals surface area contributed by atoms with E-state index in [-0.39, 0.29) is 5.91 Å². The number of hydrogen-bond acceptors (Lipinski definition) is 4. The van der Waals surface area contributed by atoms with Gasteiger partial charge in [-0.25, -0.2) is 0 Å². The molecule has 0 N–H and O–H groups in total. The maximum Gasteiger partial charge on any atom is 0.276 e. The number of ether oxygens (including phenoxy) is 1. The molecule has 2 aromatic rings. The number of methoxy groups -OCH3 is 1. The number of piperidine rings is 1. The van der Waals surface area contributed by atoms with Gasteiger partial charge in [-0.3, -0.25) is 4.79 Å². The van der Waals surface area contributed by atoms with Gasteiger partial charge < -0.3 is 14.2 Å². The van der Waals surface area contributed by atoms with Gasteiger partial charge in [-0.05, 0) is 56.2 Å². The lowest BCUT2D eigenvalue weighted by Crippen LogP contribution is -2.40. The molecule has 3 rings (SSSR count). The van der Waals surface area contributed by atoms with Crippen LogP contribution in [-0.4, -0.2) is 36.2 Å². The van der Waals surface area contributed by atoms with Crippen LogP contribution in [0.2, 0.25) is 0 Å². The maximum absolute atomic E-state index is 12.5. The lowest BCUT2D eigenvalue weighted by molar-refractivity contribution is 0.0658. The molecular formula is C19H24N2O3. The quantitative estimate of drug-likeness (QED) is 0.843. The predicted octanol–water partition coefficient (Wildman–Crippen LogP) is 3.48. The highest BCUT2D eigenvalue weighted by Crippen LogP contribution is 2.23. The van der Waals surface area contributed by atoms with E-state index < -0.39 is 0 Å². The summed E-state index contributed by atoms with van der Waals surface area (Å²) in [6.07, 6.45) is 4.35. The Morgan fingerprint density at radius 2 is 2.17 bits per heavy atom. The van der Waals surface area contributed by atoms with E-state index in [4.69, 9.17) is 9.26 Å². The number of rotatable bonds is 5. The van der Waals surface area contributed by atoms with Crippen molar-refractivity contribution < 1.29 is 14.1 Å². The van der Waals surface area contributed by atoms with Crippen molar-refractivity contribution in [3.8, 4) is 5.75 Å². The van der Waals surface area contributed by atoms with Crippen molar-refractivity contribution in [1.82, 2.24) is 10.1 Å². The number of aryl methyl sites for hydroxylation is 2. The van der Waals surface area contributed by atoms with Gasteiger partial charge in [0.1, 0.15) is 11.5 Å². The van der Waals surface area contributed by atoms with Crippen LogP contribution < -0.4 is 4.74 Å². The van der Waals surface area contributed by atoms with Crippen molar-refractivity contribution in [2.75, 3.05) is 20.2 Å². The fourth-order valence-electron chi connectivity index (χ4n) is 3.28. The SMILES string of the molecule is COc1ccc(CC[C@@H]2CCCN(C(=O)c3cc(C)on3)C2)cc1. The molecule has 0 bridgehead atoms. The van der Waals surface area contributed by atoms with Crippen molar-refractivity contribution in [1.29, 1.82) is 0 Å². The Kier molecular flexibility index (Phi) is 5.18. The first kappa shape index (κ1) is 16.6. The Balaban J connectivity index is 1.54. The van der Waals surface area contributed by atoms with Gasteiger partial charge in [-0.1, -0.05) is 17.3 Å². The van der Waals surface area contributed by atoms with E-state index in [1.807, 2.05) is 17.0 Å². The molecule has 0 spiro atoms. The Morgan fingerprint density at radius 1 is 1.38 bits per heavy atom. The molecule has 1 aromatic heterocycles. The molecule has 1 atom stereocenters. The summed E-state index contributed by atoms with van der Waals surface area (Å²) in [6, 6.07) is 9.94. The molecule has 0 aliphatic carbocycles. The van der Waals surface area contributed by atoms with Crippen LogP contribution in [0.1, 0.15) is 41.1 Å². The zero-order valence-electron chi connectivity index (χ0n) is 14.3. The largest absolute Gasteiger partial charge is 0.497 e. The number of benzene rings is 1. The second kappa shape index (κ2) is 7.51. The van der Waals surface area contributed by atoms with Gasteiger partial charge in [0.25, 0.3) is 5.91 Å². The summed E-state index contributed by atoms with van der Waals surface area (Å²) in [6.45, 7) is 3.42. The number of carbonyl (C=O) groups is 1. The minimum atomic E-state index is -0.0130. The number of amides is 1. The van der Waals surface area contributed by atoms with Gasteiger partial charge in [0.2, 0.25) is 0 Å². The Hall–Kier alpha value is -2.30. The molecule has 1 aromatic carbocycles. The van der Waals surface area contributed by atoms with Gasteiger partial charge in [0.15, 0.2) is 5.69 Å². The molecular weight excluding hydrogens is 304 g/mol. The summed E-state index contributed by atoms with van der Waals surface area (Å²) < 4.78 is 10.2. The summed E-state index contributed by atoms with van der Waals surface area (Å²) in [5.41, 5.74) is 1.73. The lowest BCUT2D eigenvalue weighted by atomic mass is 9.91. The minimum Gasteiger partial charge on any atom is -0.497 e. The van der Waals surface area contributed by atoms with E-state index in [1.165, 1.54) is 12.0 Å². The maximum atomic E-state index is 12.5. The van der Waals surface area contributed by atoms with Crippen LogP contribution in [0.25, 0.3) is 0 Å². The highest BCUT2D eigenvalue weighted by Gasteiger charge is 2.26. The Labute approximate surface area is 142 Å². The van der Waals surface area contributed by atoms with Gasteiger partial charge in [0.05, 0.1) is 7.11 Å². The molecule has 128 valence electrons. The van der Waals surface area contributed by atoms with E-state index in [2.05, 4.69) is 17.3 Å². The van der Waals surface area contributed by atoms with E-state index in [0.29, 0.717) is 17.4 Å². The van der Waals surface area contributed by atoms with Crippen molar-refractivity contribution in [3.05, 3.63) is 47.3 Å². The molecule has 24 heavy (non-hydrogen) atoms. The van der Waals surface area contributed by atoms with Crippen LogP contribution >= 0.6 is 0 Å². The normalized spacial score (nSPS) is 17.8. The number of aromatic nitrogens is 1. The third-order valence-corrected chi connectivity index (χ3v) is 4.65. The first-order valence-corrected chi connectivity index (χ1v) is 8.51. The third-order valence-electron chi connectivity index (χ3n) is 4.65. The average Bonchev–Trinajstić information content (AvgIpc) is 3.06. The average molecular weight is 328 g/mol. The van der Waals surface area contributed by atoms with Crippen molar-refractivity contribution in [2.45, 2.75) is 32.6 Å². The molecule has 0 saturated carbocycles. The summed E-state index contributed by atoms with van der Waals surface area (Å²) in [5.74, 6) is 2.08. The van der Waals surface area contributed by atoms with Gasteiger partial charge in [-0.15, -0.1) is 0 Å². The van der Waals surface area contributed by atoms with Crippen molar-refractivity contribution >= 4 is 5.91 Å². The van der Waals surface area contributed by atoms with Gasteiger partial charge >= 0.3 is 0 Å². The van der Waals surface area contributed by atoms with Crippen LogP contribution in [0.5, 0.6) is 5.75 Å². The van der Waals surface area contributed by atoms with Crippen LogP contribution in [0, 0.1) is 12.8 Å². The smallest absolute Gasteiger partial charge is 0.276 e. The Bertz CT molecular complexity index is 678. The molecule has 0 radical (unpaired) electrons. The fourth-order valence-corrected chi connectivity index (χ4v) is 3.28.